The highest BCUT2D eigenvalue weighted by molar-refractivity contribution is 5.72. The van der Waals surface area contributed by atoms with E-state index in [9.17, 15) is 22.0 Å². The van der Waals surface area contributed by atoms with Gasteiger partial charge < -0.3 is 0 Å². The summed E-state index contributed by atoms with van der Waals surface area (Å²) < 4.78 is 72.2. The minimum absolute atomic E-state index is 0.143. The molecule has 0 aliphatic rings. The van der Waals surface area contributed by atoms with Gasteiger partial charge >= 0.3 is 0 Å². The molecule has 4 aromatic rings. The molecule has 0 unspecified atom stereocenters. The Labute approximate surface area is 214 Å². The van der Waals surface area contributed by atoms with E-state index in [4.69, 9.17) is 0 Å². The summed E-state index contributed by atoms with van der Waals surface area (Å²) in [6, 6.07) is 18.2. The van der Waals surface area contributed by atoms with Gasteiger partial charge in [0.15, 0.2) is 0 Å². The van der Waals surface area contributed by atoms with Crippen LogP contribution in [0.5, 0.6) is 0 Å². The van der Waals surface area contributed by atoms with Crippen LogP contribution >= 0.6 is 0 Å². The molecule has 4 rings (SSSR count). The molecule has 0 bridgehead atoms. The van der Waals surface area contributed by atoms with Gasteiger partial charge in [-0.3, -0.25) is 0 Å². The molecule has 0 atom stereocenters. The zero-order chi connectivity index (χ0) is 26.7. The fraction of sp³-hybridized carbons (Fsp3) is 0.250. The Bertz CT molecular complexity index is 1390. The lowest BCUT2D eigenvalue weighted by Crippen LogP contribution is -2.07. The Balaban J connectivity index is 1.55. The summed E-state index contributed by atoms with van der Waals surface area (Å²) in [6.07, 6.45) is -1.14. The van der Waals surface area contributed by atoms with Gasteiger partial charge in [0.25, 0.3) is 6.43 Å². The predicted molar refractivity (Wildman–Crippen MR) is 139 cm³/mol. The molecular weight excluding hydrogens is 479 g/mol. The summed E-state index contributed by atoms with van der Waals surface area (Å²) >= 11 is 0. The van der Waals surface area contributed by atoms with Crippen molar-refractivity contribution in [1.82, 2.24) is 0 Å². The van der Waals surface area contributed by atoms with Crippen LogP contribution in [0.3, 0.4) is 0 Å². The van der Waals surface area contributed by atoms with E-state index in [-0.39, 0.29) is 17.5 Å². The average molecular weight is 509 g/mol. The first kappa shape index (κ1) is 26.6. The van der Waals surface area contributed by atoms with E-state index in [0.29, 0.717) is 47.1 Å². The number of halogens is 5. The van der Waals surface area contributed by atoms with Crippen LogP contribution in [0.15, 0.2) is 66.7 Å². The zero-order valence-corrected chi connectivity index (χ0v) is 21.1. The Morgan fingerprint density at radius 3 is 1.73 bits per heavy atom. The van der Waals surface area contributed by atoms with Gasteiger partial charge in [0.05, 0.1) is 5.56 Å². The third-order valence-electron chi connectivity index (χ3n) is 6.80. The maximum absolute atomic E-state index is 15.0. The summed E-state index contributed by atoms with van der Waals surface area (Å²) in [5.41, 5.74) is 4.11. The van der Waals surface area contributed by atoms with Crippen LogP contribution in [0.1, 0.15) is 53.2 Å². The number of benzene rings is 4. The number of aryl methyl sites for hydroxylation is 4. The first-order valence-electron chi connectivity index (χ1n) is 12.4. The van der Waals surface area contributed by atoms with Crippen molar-refractivity contribution in [2.24, 2.45) is 0 Å². The summed E-state index contributed by atoms with van der Waals surface area (Å²) in [4.78, 5) is 0. The van der Waals surface area contributed by atoms with Crippen molar-refractivity contribution < 1.29 is 22.0 Å². The van der Waals surface area contributed by atoms with Gasteiger partial charge in [-0.15, -0.1) is 0 Å². The van der Waals surface area contributed by atoms with Crippen molar-refractivity contribution in [2.45, 2.75) is 52.9 Å². The summed E-state index contributed by atoms with van der Waals surface area (Å²) in [5.74, 6) is -1.86. The Morgan fingerprint density at radius 1 is 0.676 bits per heavy atom. The monoisotopic (exact) mass is 508 g/mol. The van der Waals surface area contributed by atoms with E-state index in [1.807, 2.05) is 26.0 Å². The summed E-state index contributed by atoms with van der Waals surface area (Å²) in [5, 5.41) is 0. The molecule has 5 heteroatoms. The van der Waals surface area contributed by atoms with Crippen LogP contribution in [0, 0.1) is 31.3 Å². The summed E-state index contributed by atoms with van der Waals surface area (Å²) in [7, 11) is 0. The lowest BCUT2D eigenvalue weighted by atomic mass is 9.91. The van der Waals surface area contributed by atoms with Gasteiger partial charge in [0, 0.05) is 11.1 Å². The molecule has 37 heavy (non-hydrogen) atoms. The number of rotatable bonds is 8. The Kier molecular flexibility index (Phi) is 8.11. The van der Waals surface area contributed by atoms with Gasteiger partial charge in [-0.05, 0) is 78.6 Å². The molecule has 0 amide bonds. The first-order chi connectivity index (χ1) is 17.7. The second kappa shape index (κ2) is 11.3. The molecule has 4 aromatic carbocycles. The van der Waals surface area contributed by atoms with Crippen LogP contribution in [0.2, 0.25) is 0 Å². The predicted octanol–water partition coefficient (Wildman–Crippen LogP) is 9.73. The first-order valence-corrected chi connectivity index (χ1v) is 12.4. The van der Waals surface area contributed by atoms with Crippen molar-refractivity contribution in [2.75, 3.05) is 0 Å². The molecule has 0 saturated carbocycles. The minimum atomic E-state index is -2.89. The normalized spacial score (nSPS) is 11.4. The lowest BCUT2D eigenvalue weighted by molar-refractivity contribution is 0.144. The zero-order valence-electron chi connectivity index (χ0n) is 21.1. The van der Waals surface area contributed by atoms with Crippen molar-refractivity contribution in [3.63, 3.8) is 0 Å². The third-order valence-corrected chi connectivity index (χ3v) is 6.80. The molecule has 0 radical (unpaired) electrons. The van der Waals surface area contributed by atoms with Crippen LogP contribution in [-0.4, -0.2) is 0 Å². The van der Waals surface area contributed by atoms with E-state index in [0.717, 1.165) is 11.1 Å². The minimum Gasteiger partial charge on any atom is -0.206 e. The molecule has 0 heterocycles. The highest BCUT2D eigenvalue weighted by Crippen LogP contribution is 2.33. The molecule has 0 saturated heterocycles. The maximum atomic E-state index is 15.0. The fourth-order valence-corrected chi connectivity index (χ4v) is 4.78. The second-order valence-electron chi connectivity index (χ2n) is 9.48. The number of hydrogen-bond acceptors (Lipinski definition) is 0. The maximum Gasteiger partial charge on any atom is 0.266 e. The Morgan fingerprint density at radius 2 is 1.22 bits per heavy atom. The molecule has 0 aliphatic heterocycles. The molecule has 192 valence electrons. The second-order valence-corrected chi connectivity index (χ2v) is 9.48. The third kappa shape index (κ3) is 5.76. The highest BCUT2D eigenvalue weighted by Gasteiger charge is 2.23. The average Bonchev–Trinajstić information content (AvgIpc) is 2.87. The van der Waals surface area contributed by atoms with Crippen molar-refractivity contribution in [1.29, 1.82) is 0 Å². The van der Waals surface area contributed by atoms with E-state index in [2.05, 4.69) is 0 Å². The van der Waals surface area contributed by atoms with Gasteiger partial charge in [0.2, 0.25) is 0 Å². The lowest BCUT2D eigenvalue weighted by Gasteiger charge is -2.17. The molecule has 0 fully saturated rings. The molecule has 0 N–H and O–H groups in total. The van der Waals surface area contributed by atoms with Crippen LogP contribution in [0.25, 0.3) is 22.3 Å². The van der Waals surface area contributed by atoms with Crippen molar-refractivity contribution >= 4 is 0 Å². The molecular formula is C32H29F5. The van der Waals surface area contributed by atoms with Gasteiger partial charge in [-0.2, -0.15) is 0 Å². The number of hydrogen-bond donors (Lipinski definition) is 0. The van der Waals surface area contributed by atoms with Crippen molar-refractivity contribution in [3.05, 3.63) is 118 Å². The molecule has 0 aromatic heterocycles. The van der Waals surface area contributed by atoms with E-state index < -0.39 is 29.4 Å². The van der Waals surface area contributed by atoms with Gasteiger partial charge in [0.1, 0.15) is 17.5 Å². The quantitative estimate of drug-likeness (QED) is 0.208. The standard InChI is InChI=1S/C32H29F5/c1-4-5-24-16-20(3)25(30(31(24)35)32(36)37)15-10-21-8-13-23(14-9-21)27-18-28(33)26(17-29(27)34)22-11-6-19(2)7-12-22/h6-9,11-14,16-18,32H,4-5,10,15H2,1-3H3. The van der Waals surface area contributed by atoms with Crippen LogP contribution in [0.4, 0.5) is 22.0 Å². The number of alkyl halides is 2. The van der Waals surface area contributed by atoms with E-state index in [1.165, 1.54) is 12.1 Å². The topological polar surface area (TPSA) is 0 Å². The largest absolute Gasteiger partial charge is 0.266 e. The van der Waals surface area contributed by atoms with E-state index in [1.54, 1.807) is 49.4 Å². The smallest absolute Gasteiger partial charge is 0.206 e. The van der Waals surface area contributed by atoms with Crippen LogP contribution < -0.4 is 0 Å². The fourth-order valence-electron chi connectivity index (χ4n) is 4.78. The molecule has 0 spiro atoms. The summed E-state index contributed by atoms with van der Waals surface area (Å²) in [6.45, 7) is 5.54. The molecule has 0 nitrogen and oxygen atoms in total. The Hall–Kier alpha value is -3.47. The SMILES string of the molecule is CCCc1cc(C)c(CCc2ccc(-c3cc(F)c(-c4ccc(C)cc4)cc3F)cc2)c(C(F)F)c1F. The van der Waals surface area contributed by atoms with Gasteiger partial charge in [-0.1, -0.05) is 73.5 Å². The van der Waals surface area contributed by atoms with E-state index >= 15 is 0 Å². The highest BCUT2D eigenvalue weighted by atomic mass is 19.3. The molecule has 0 aliphatic carbocycles. The van der Waals surface area contributed by atoms with Crippen molar-refractivity contribution in [3.8, 4) is 22.3 Å². The van der Waals surface area contributed by atoms with Crippen LogP contribution in [-0.2, 0) is 19.3 Å². The van der Waals surface area contributed by atoms with Gasteiger partial charge in [-0.25, -0.2) is 22.0 Å².